The Bertz CT molecular complexity index is 341. The molecule has 19 heavy (non-hydrogen) atoms. The SMILES string of the molecule is CN(C(=O)NCC(=O)NCC(=O)O)C1CCOCC1. The maximum absolute atomic E-state index is 11.8. The largest absolute Gasteiger partial charge is 0.480 e. The predicted octanol–water partition coefficient (Wildman–Crippen LogP) is -0.992. The number of urea groups is 1. The maximum atomic E-state index is 11.8. The van der Waals surface area contributed by atoms with Gasteiger partial charge in [-0.1, -0.05) is 0 Å². The van der Waals surface area contributed by atoms with Crippen LogP contribution in [0, 0.1) is 0 Å². The van der Waals surface area contributed by atoms with Gasteiger partial charge in [-0.15, -0.1) is 0 Å². The molecule has 0 spiro atoms. The summed E-state index contributed by atoms with van der Waals surface area (Å²) in [5.74, 6) is -1.66. The van der Waals surface area contributed by atoms with Crippen molar-refractivity contribution in [3.05, 3.63) is 0 Å². The van der Waals surface area contributed by atoms with Crippen molar-refractivity contribution in [3.63, 3.8) is 0 Å². The van der Waals surface area contributed by atoms with Crippen LogP contribution in [0.25, 0.3) is 0 Å². The Morgan fingerprint density at radius 1 is 1.21 bits per heavy atom. The summed E-state index contributed by atoms with van der Waals surface area (Å²) in [6.07, 6.45) is 1.55. The van der Waals surface area contributed by atoms with Crippen LogP contribution < -0.4 is 10.6 Å². The topological polar surface area (TPSA) is 108 Å². The molecule has 0 bridgehead atoms. The van der Waals surface area contributed by atoms with Crippen molar-refractivity contribution in [2.45, 2.75) is 18.9 Å². The summed E-state index contributed by atoms with van der Waals surface area (Å²) < 4.78 is 5.20. The second kappa shape index (κ2) is 7.57. The van der Waals surface area contributed by atoms with E-state index in [-0.39, 0.29) is 18.6 Å². The van der Waals surface area contributed by atoms with Gasteiger partial charge >= 0.3 is 12.0 Å². The van der Waals surface area contributed by atoms with Crippen LogP contribution in [0.2, 0.25) is 0 Å². The Morgan fingerprint density at radius 2 is 1.84 bits per heavy atom. The van der Waals surface area contributed by atoms with Gasteiger partial charge in [-0.3, -0.25) is 9.59 Å². The molecule has 1 aliphatic rings. The number of hydrogen-bond acceptors (Lipinski definition) is 4. The Morgan fingerprint density at radius 3 is 2.42 bits per heavy atom. The number of hydrogen-bond donors (Lipinski definition) is 3. The quantitative estimate of drug-likeness (QED) is 0.596. The minimum Gasteiger partial charge on any atom is -0.480 e. The number of carbonyl (C=O) groups excluding carboxylic acids is 2. The molecule has 1 aliphatic heterocycles. The number of amides is 3. The molecule has 8 nitrogen and oxygen atoms in total. The molecule has 0 radical (unpaired) electrons. The van der Waals surface area contributed by atoms with Crippen molar-refractivity contribution in [2.75, 3.05) is 33.4 Å². The number of rotatable bonds is 5. The lowest BCUT2D eigenvalue weighted by molar-refractivity contribution is -0.137. The molecule has 3 N–H and O–H groups in total. The van der Waals surface area contributed by atoms with E-state index in [4.69, 9.17) is 9.84 Å². The van der Waals surface area contributed by atoms with Gasteiger partial charge in [0.2, 0.25) is 5.91 Å². The van der Waals surface area contributed by atoms with Gasteiger partial charge in [0.1, 0.15) is 6.54 Å². The summed E-state index contributed by atoms with van der Waals surface area (Å²) >= 11 is 0. The van der Waals surface area contributed by atoms with Crippen molar-refractivity contribution in [2.24, 2.45) is 0 Å². The molecule has 0 unspecified atom stereocenters. The first-order chi connectivity index (χ1) is 9.00. The summed E-state index contributed by atoms with van der Waals surface area (Å²) in [5, 5.41) is 13.0. The van der Waals surface area contributed by atoms with Gasteiger partial charge in [0.25, 0.3) is 0 Å². The Labute approximate surface area is 111 Å². The first-order valence-electron chi connectivity index (χ1n) is 6.07. The molecular formula is C11H19N3O5. The Balaban J connectivity index is 2.25. The number of nitrogens with one attached hydrogen (secondary N) is 2. The zero-order chi connectivity index (χ0) is 14.3. The summed E-state index contributed by atoms with van der Waals surface area (Å²) in [4.78, 5) is 34.8. The molecule has 1 heterocycles. The van der Waals surface area contributed by atoms with Crippen molar-refractivity contribution >= 4 is 17.9 Å². The highest BCUT2D eigenvalue weighted by atomic mass is 16.5. The molecular weight excluding hydrogens is 254 g/mol. The average molecular weight is 273 g/mol. The van der Waals surface area contributed by atoms with E-state index in [0.717, 1.165) is 12.8 Å². The molecule has 0 aromatic heterocycles. The third-order valence-electron chi connectivity index (χ3n) is 2.90. The van der Waals surface area contributed by atoms with Gasteiger partial charge in [-0.2, -0.15) is 0 Å². The number of ether oxygens (including phenoxy) is 1. The van der Waals surface area contributed by atoms with Crippen LogP contribution in [0.5, 0.6) is 0 Å². The summed E-state index contributed by atoms with van der Waals surface area (Å²) in [6.45, 7) is 0.562. The van der Waals surface area contributed by atoms with Gasteiger partial charge in [0.05, 0.1) is 6.54 Å². The molecule has 1 saturated heterocycles. The molecule has 1 rings (SSSR count). The Kier molecular flexibility index (Phi) is 6.07. The van der Waals surface area contributed by atoms with E-state index in [1.165, 1.54) is 0 Å². The molecule has 3 amide bonds. The van der Waals surface area contributed by atoms with Crippen LogP contribution in [0.3, 0.4) is 0 Å². The van der Waals surface area contributed by atoms with Crippen LogP contribution in [0.4, 0.5) is 4.79 Å². The fraction of sp³-hybridized carbons (Fsp3) is 0.727. The molecule has 1 fully saturated rings. The van der Waals surface area contributed by atoms with E-state index < -0.39 is 18.4 Å². The van der Waals surface area contributed by atoms with Crippen LogP contribution in [-0.4, -0.2) is 67.3 Å². The van der Waals surface area contributed by atoms with E-state index in [2.05, 4.69) is 10.6 Å². The number of carboxylic acid groups (broad SMARTS) is 1. The van der Waals surface area contributed by atoms with Gasteiger partial charge in [0.15, 0.2) is 0 Å². The minimum atomic E-state index is -1.13. The van der Waals surface area contributed by atoms with Gasteiger partial charge in [0, 0.05) is 26.3 Å². The molecule has 108 valence electrons. The van der Waals surface area contributed by atoms with Crippen LogP contribution in [0.1, 0.15) is 12.8 Å². The molecule has 0 saturated carbocycles. The third kappa shape index (κ3) is 5.56. The van der Waals surface area contributed by atoms with Crippen molar-refractivity contribution in [1.82, 2.24) is 15.5 Å². The lowest BCUT2D eigenvalue weighted by Crippen LogP contribution is -2.48. The van der Waals surface area contributed by atoms with Crippen molar-refractivity contribution < 1.29 is 24.2 Å². The number of carbonyl (C=O) groups is 3. The molecule has 8 heteroatoms. The van der Waals surface area contributed by atoms with E-state index in [1.54, 1.807) is 11.9 Å². The van der Waals surface area contributed by atoms with Gasteiger partial charge < -0.3 is 25.4 Å². The van der Waals surface area contributed by atoms with Crippen LogP contribution >= 0.6 is 0 Å². The summed E-state index contributed by atoms with van der Waals surface area (Å²) in [5.41, 5.74) is 0. The lowest BCUT2D eigenvalue weighted by Gasteiger charge is -2.31. The predicted molar refractivity (Wildman–Crippen MR) is 65.6 cm³/mol. The van der Waals surface area contributed by atoms with Crippen LogP contribution in [0.15, 0.2) is 0 Å². The fourth-order valence-electron chi connectivity index (χ4n) is 1.76. The zero-order valence-corrected chi connectivity index (χ0v) is 10.8. The first kappa shape index (κ1) is 15.2. The third-order valence-corrected chi connectivity index (χ3v) is 2.90. The monoisotopic (exact) mass is 273 g/mol. The number of aliphatic carboxylic acids is 1. The van der Waals surface area contributed by atoms with Gasteiger partial charge in [-0.25, -0.2) is 4.79 Å². The fourth-order valence-corrected chi connectivity index (χ4v) is 1.76. The normalized spacial score (nSPS) is 15.6. The molecule has 0 aromatic rings. The second-order valence-corrected chi connectivity index (χ2v) is 4.28. The maximum Gasteiger partial charge on any atom is 0.322 e. The smallest absolute Gasteiger partial charge is 0.322 e. The standard InChI is InChI=1S/C11H19N3O5/c1-14(8-2-4-19-5-3-8)11(18)13-6-9(15)12-7-10(16)17/h8H,2-7H2,1H3,(H,12,15)(H,13,18)(H,16,17). The average Bonchev–Trinajstić information content (AvgIpc) is 2.42. The summed E-state index contributed by atoms with van der Waals surface area (Å²) in [7, 11) is 1.67. The first-order valence-corrected chi connectivity index (χ1v) is 6.07. The van der Waals surface area contributed by atoms with E-state index in [9.17, 15) is 14.4 Å². The summed E-state index contributed by atoms with van der Waals surface area (Å²) in [6, 6.07) is -0.242. The zero-order valence-electron chi connectivity index (χ0n) is 10.8. The highest BCUT2D eigenvalue weighted by molar-refractivity contribution is 5.86. The van der Waals surface area contributed by atoms with E-state index >= 15 is 0 Å². The number of carboxylic acids is 1. The lowest BCUT2D eigenvalue weighted by atomic mass is 10.1. The van der Waals surface area contributed by atoms with E-state index in [1.807, 2.05) is 0 Å². The van der Waals surface area contributed by atoms with Crippen molar-refractivity contribution in [1.29, 1.82) is 0 Å². The van der Waals surface area contributed by atoms with E-state index in [0.29, 0.717) is 13.2 Å². The highest BCUT2D eigenvalue weighted by Crippen LogP contribution is 2.12. The van der Waals surface area contributed by atoms with Crippen LogP contribution in [-0.2, 0) is 14.3 Å². The molecule has 0 aliphatic carbocycles. The minimum absolute atomic E-state index is 0.107. The number of nitrogens with zero attached hydrogens (tertiary/aromatic N) is 1. The molecule has 0 aromatic carbocycles. The molecule has 0 atom stereocenters. The second-order valence-electron chi connectivity index (χ2n) is 4.28. The van der Waals surface area contributed by atoms with Crippen molar-refractivity contribution in [3.8, 4) is 0 Å². The van der Waals surface area contributed by atoms with Gasteiger partial charge in [-0.05, 0) is 12.8 Å². The highest BCUT2D eigenvalue weighted by Gasteiger charge is 2.22. The Hall–Kier alpha value is -1.83.